The second-order valence-electron chi connectivity index (χ2n) is 4.36. The maximum atomic E-state index is 4.41. The molecule has 1 rings (SSSR count). The van der Waals surface area contributed by atoms with Gasteiger partial charge in [-0.1, -0.05) is 33.6 Å². The Morgan fingerprint density at radius 3 is 2.69 bits per heavy atom. The van der Waals surface area contributed by atoms with Gasteiger partial charge in [-0.3, -0.25) is 4.68 Å². The molecule has 0 aliphatic rings. The zero-order valence-corrected chi connectivity index (χ0v) is 10.9. The Labute approximate surface area is 99.2 Å². The second kappa shape index (κ2) is 7.44. The largest absolute Gasteiger partial charge is 0.311 e. The normalized spacial score (nSPS) is 11.2. The van der Waals surface area contributed by atoms with Crippen LogP contribution in [0.3, 0.4) is 0 Å². The molecule has 0 fully saturated rings. The number of hydrogen-bond donors (Lipinski definition) is 1. The van der Waals surface area contributed by atoms with Crippen LogP contribution in [0.15, 0.2) is 12.3 Å². The summed E-state index contributed by atoms with van der Waals surface area (Å²) in [6.45, 7) is 9.78. The molecular weight excluding hydrogens is 198 g/mol. The predicted octanol–water partition coefficient (Wildman–Crippen LogP) is 2.82. The van der Waals surface area contributed by atoms with E-state index in [1.54, 1.807) is 0 Å². The summed E-state index contributed by atoms with van der Waals surface area (Å²) < 4.78 is 2.15. The van der Waals surface area contributed by atoms with E-state index in [9.17, 15) is 0 Å². The highest BCUT2D eigenvalue weighted by Crippen LogP contribution is 2.11. The molecule has 0 aliphatic heterocycles. The van der Waals surface area contributed by atoms with Crippen molar-refractivity contribution in [3.05, 3.63) is 18.0 Å². The summed E-state index contributed by atoms with van der Waals surface area (Å²) in [5.74, 6) is 0.754. The smallest absolute Gasteiger partial charge is 0.0522 e. The van der Waals surface area contributed by atoms with E-state index in [1.807, 2.05) is 6.20 Å². The molecule has 16 heavy (non-hydrogen) atoms. The van der Waals surface area contributed by atoms with Crippen molar-refractivity contribution in [3.63, 3.8) is 0 Å². The van der Waals surface area contributed by atoms with E-state index in [0.29, 0.717) is 0 Å². The van der Waals surface area contributed by atoms with Gasteiger partial charge in [0.05, 0.1) is 5.69 Å². The van der Waals surface area contributed by atoms with Gasteiger partial charge in [-0.05, 0) is 24.9 Å². The molecule has 1 aromatic rings. The van der Waals surface area contributed by atoms with Crippen molar-refractivity contribution >= 4 is 0 Å². The van der Waals surface area contributed by atoms with Gasteiger partial charge in [0.15, 0.2) is 0 Å². The highest BCUT2D eigenvalue weighted by Gasteiger charge is 2.08. The summed E-state index contributed by atoms with van der Waals surface area (Å²) in [6.07, 6.45) is 5.56. The third-order valence-electron chi connectivity index (χ3n) is 3.12. The number of hydrogen-bond acceptors (Lipinski definition) is 2. The van der Waals surface area contributed by atoms with Crippen LogP contribution in [0, 0.1) is 5.92 Å². The first-order valence-corrected chi connectivity index (χ1v) is 6.53. The molecule has 92 valence electrons. The first-order chi connectivity index (χ1) is 7.81. The quantitative estimate of drug-likeness (QED) is 0.687. The molecule has 0 unspecified atom stereocenters. The van der Waals surface area contributed by atoms with Crippen LogP contribution < -0.4 is 5.32 Å². The van der Waals surface area contributed by atoms with Crippen LogP contribution in [0.25, 0.3) is 0 Å². The van der Waals surface area contributed by atoms with Gasteiger partial charge >= 0.3 is 0 Å². The highest BCUT2D eigenvalue weighted by molar-refractivity contribution is 5.00. The van der Waals surface area contributed by atoms with Gasteiger partial charge in [-0.25, -0.2) is 0 Å². The van der Waals surface area contributed by atoms with E-state index < -0.39 is 0 Å². The molecule has 0 aromatic carbocycles. The number of rotatable bonds is 8. The minimum atomic E-state index is 0.754. The van der Waals surface area contributed by atoms with Gasteiger partial charge in [0.1, 0.15) is 0 Å². The standard InChI is InChI=1S/C13H25N3/c1-4-8-14-10-13-7-9-15-16(13)11-12(5-2)6-3/h7,9,12,14H,4-6,8,10-11H2,1-3H3. The van der Waals surface area contributed by atoms with E-state index in [0.717, 1.165) is 25.6 Å². The van der Waals surface area contributed by atoms with Gasteiger partial charge < -0.3 is 5.32 Å². The number of nitrogens with zero attached hydrogens (tertiary/aromatic N) is 2. The highest BCUT2D eigenvalue weighted by atomic mass is 15.3. The zero-order chi connectivity index (χ0) is 11.8. The van der Waals surface area contributed by atoms with Crippen molar-refractivity contribution < 1.29 is 0 Å². The summed E-state index contributed by atoms with van der Waals surface area (Å²) in [5.41, 5.74) is 1.31. The van der Waals surface area contributed by atoms with Crippen LogP contribution in [0.2, 0.25) is 0 Å². The van der Waals surface area contributed by atoms with Gasteiger partial charge in [-0.2, -0.15) is 5.10 Å². The lowest BCUT2D eigenvalue weighted by Gasteiger charge is -2.15. The molecule has 0 saturated carbocycles. The van der Waals surface area contributed by atoms with Crippen molar-refractivity contribution in [2.75, 3.05) is 6.54 Å². The van der Waals surface area contributed by atoms with Crippen molar-refractivity contribution in [2.24, 2.45) is 5.92 Å². The molecule has 0 amide bonds. The van der Waals surface area contributed by atoms with Gasteiger partial charge in [0, 0.05) is 19.3 Å². The minimum absolute atomic E-state index is 0.754. The molecule has 0 saturated heterocycles. The van der Waals surface area contributed by atoms with Crippen molar-refractivity contribution in [1.29, 1.82) is 0 Å². The monoisotopic (exact) mass is 223 g/mol. The summed E-state index contributed by atoms with van der Waals surface area (Å²) in [7, 11) is 0. The van der Waals surface area contributed by atoms with Crippen LogP contribution in [0.4, 0.5) is 0 Å². The fraction of sp³-hybridized carbons (Fsp3) is 0.769. The Hall–Kier alpha value is -0.830. The lowest BCUT2D eigenvalue weighted by Crippen LogP contribution is -2.19. The Balaban J connectivity index is 2.49. The summed E-state index contributed by atoms with van der Waals surface area (Å²) in [4.78, 5) is 0. The molecule has 1 heterocycles. The number of nitrogens with one attached hydrogen (secondary N) is 1. The Kier molecular flexibility index (Phi) is 6.16. The van der Waals surface area contributed by atoms with E-state index in [1.165, 1.54) is 25.0 Å². The Morgan fingerprint density at radius 1 is 1.31 bits per heavy atom. The first-order valence-electron chi connectivity index (χ1n) is 6.53. The van der Waals surface area contributed by atoms with Gasteiger partial charge in [-0.15, -0.1) is 0 Å². The second-order valence-corrected chi connectivity index (χ2v) is 4.36. The van der Waals surface area contributed by atoms with Gasteiger partial charge in [0.25, 0.3) is 0 Å². The van der Waals surface area contributed by atoms with E-state index in [4.69, 9.17) is 0 Å². The molecule has 0 radical (unpaired) electrons. The van der Waals surface area contributed by atoms with Crippen LogP contribution in [-0.4, -0.2) is 16.3 Å². The van der Waals surface area contributed by atoms with Crippen molar-refractivity contribution in [3.8, 4) is 0 Å². The fourth-order valence-electron chi connectivity index (χ4n) is 1.86. The maximum Gasteiger partial charge on any atom is 0.0522 e. The molecule has 0 bridgehead atoms. The molecule has 3 nitrogen and oxygen atoms in total. The predicted molar refractivity (Wildman–Crippen MR) is 68.3 cm³/mol. The fourth-order valence-corrected chi connectivity index (χ4v) is 1.86. The third kappa shape index (κ3) is 3.97. The summed E-state index contributed by atoms with van der Waals surface area (Å²) in [6, 6.07) is 2.12. The lowest BCUT2D eigenvalue weighted by molar-refractivity contribution is 0.385. The van der Waals surface area contributed by atoms with Crippen LogP contribution in [0.1, 0.15) is 45.7 Å². The maximum absolute atomic E-state index is 4.41. The molecular formula is C13H25N3. The van der Waals surface area contributed by atoms with Crippen LogP contribution in [-0.2, 0) is 13.1 Å². The topological polar surface area (TPSA) is 29.9 Å². The SMILES string of the molecule is CCCNCc1ccnn1CC(CC)CC. The van der Waals surface area contributed by atoms with Crippen molar-refractivity contribution in [1.82, 2.24) is 15.1 Å². The Bertz CT molecular complexity index is 276. The molecule has 0 spiro atoms. The third-order valence-corrected chi connectivity index (χ3v) is 3.12. The van der Waals surface area contributed by atoms with Crippen molar-refractivity contribution in [2.45, 2.75) is 53.1 Å². The molecule has 1 aromatic heterocycles. The summed E-state index contributed by atoms with van der Waals surface area (Å²) >= 11 is 0. The summed E-state index contributed by atoms with van der Waals surface area (Å²) in [5, 5.41) is 7.83. The van der Waals surface area contributed by atoms with E-state index in [-0.39, 0.29) is 0 Å². The minimum Gasteiger partial charge on any atom is -0.311 e. The molecule has 0 aliphatic carbocycles. The average molecular weight is 223 g/mol. The zero-order valence-electron chi connectivity index (χ0n) is 10.9. The van der Waals surface area contributed by atoms with Gasteiger partial charge in [0.2, 0.25) is 0 Å². The number of aromatic nitrogens is 2. The first kappa shape index (κ1) is 13.2. The molecule has 1 N–H and O–H groups in total. The van der Waals surface area contributed by atoms with E-state index >= 15 is 0 Å². The molecule has 3 heteroatoms. The van der Waals surface area contributed by atoms with Crippen LogP contribution >= 0.6 is 0 Å². The Morgan fingerprint density at radius 2 is 2.06 bits per heavy atom. The lowest BCUT2D eigenvalue weighted by atomic mass is 10.0. The van der Waals surface area contributed by atoms with E-state index in [2.05, 4.69) is 41.9 Å². The average Bonchev–Trinajstić information content (AvgIpc) is 2.74. The molecule has 0 atom stereocenters. The van der Waals surface area contributed by atoms with Crippen LogP contribution in [0.5, 0.6) is 0 Å².